The number of hydrogen-bond acceptors (Lipinski definition) is 4. The average molecular weight is 462 g/mol. The normalized spacial score (nSPS) is 11.7. The second-order valence-corrected chi connectivity index (χ2v) is 7.43. The van der Waals surface area contributed by atoms with E-state index in [1.54, 1.807) is 37.3 Å². The van der Waals surface area contributed by atoms with Gasteiger partial charge in [-0.15, -0.1) is 5.10 Å². The Kier molecular flexibility index (Phi) is 5.47. The lowest BCUT2D eigenvalue weighted by molar-refractivity contribution is -0.137. The van der Waals surface area contributed by atoms with Gasteiger partial charge in [0, 0.05) is 28.0 Å². The number of carbonyl (C=O) groups excluding carboxylic acids is 1. The fourth-order valence-electron chi connectivity index (χ4n) is 3.16. The second kappa shape index (κ2) is 8.12. The monoisotopic (exact) mass is 461 g/mol. The molecule has 4 aromatic rings. The maximum absolute atomic E-state index is 12.9. The number of nitrogens with one attached hydrogen (secondary N) is 1. The summed E-state index contributed by atoms with van der Waals surface area (Å²) in [5.41, 5.74) is 0.0226. The summed E-state index contributed by atoms with van der Waals surface area (Å²) in [6.45, 7) is 1.29. The van der Waals surface area contributed by atoms with Crippen LogP contribution in [0.15, 0.2) is 59.4 Å². The minimum absolute atomic E-state index is 0.125. The Morgan fingerprint density at radius 3 is 2.50 bits per heavy atom. The van der Waals surface area contributed by atoms with Crippen LogP contribution >= 0.6 is 11.6 Å². The van der Waals surface area contributed by atoms with E-state index < -0.39 is 23.3 Å². The minimum atomic E-state index is -4.48. The van der Waals surface area contributed by atoms with Gasteiger partial charge in [-0.3, -0.25) is 4.79 Å². The van der Waals surface area contributed by atoms with E-state index in [1.165, 1.54) is 12.1 Å². The number of aryl methyl sites for hydroxylation is 1. The first kappa shape index (κ1) is 21.6. The fourth-order valence-corrected chi connectivity index (χ4v) is 3.35. The molecule has 0 saturated heterocycles. The molecule has 0 bridgehead atoms. The van der Waals surface area contributed by atoms with E-state index >= 15 is 0 Å². The third kappa shape index (κ3) is 4.35. The Morgan fingerprint density at radius 2 is 1.84 bits per heavy atom. The highest BCUT2D eigenvalue weighted by Gasteiger charge is 2.30. The number of hydrogen-bond donors (Lipinski definition) is 1. The molecule has 2 aromatic carbocycles. The van der Waals surface area contributed by atoms with Crippen molar-refractivity contribution < 1.29 is 18.0 Å². The maximum Gasteiger partial charge on any atom is 0.416 e. The van der Waals surface area contributed by atoms with Crippen molar-refractivity contribution in [1.29, 1.82) is 0 Å². The van der Waals surface area contributed by atoms with Gasteiger partial charge in [0.05, 0.1) is 5.56 Å². The number of alkyl halides is 3. The molecule has 0 aliphatic heterocycles. The van der Waals surface area contributed by atoms with Crippen LogP contribution < -0.4 is 11.0 Å². The molecule has 0 saturated carbocycles. The lowest BCUT2D eigenvalue weighted by Crippen LogP contribution is -2.28. The first-order chi connectivity index (χ1) is 15.1. The number of anilines is 1. The number of nitrogens with zero attached hydrogens (tertiary/aromatic N) is 4. The van der Waals surface area contributed by atoms with Crippen LogP contribution in [0, 0.1) is 6.92 Å². The van der Waals surface area contributed by atoms with E-state index in [0.717, 1.165) is 21.2 Å². The molecule has 2 heterocycles. The van der Waals surface area contributed by atoms with Crippen molar-refractivity contribution >= 4 is 28.8 Å². The van der Waals surface area contributed by atoms with Crippen molar-refractivity contribution in [1.82, 2.24) is 19.2 Å². The molecular formula is C21H15ClF3N5O2. The molecule has 164 valence electrons. The minimum Gasteiger partial charge on any atom is -0.324 e. The third-order valence-electron chi connectivity index (χ3n) is 4.57. The van der Waals surface area contributed by atoms with Crippen LogP contribution in [0.25, 0.3) is 17.0 Å². The number of halogens is 4. The Morgan fingerprint density at radius 1 is 1.12 bits per heavy atom. The van der Waals surface area contributed by atoms with Gasteiger partial charge in [-0.1, -0.05) is 29.8 Å². The predicted molar refractivity (Wildman–Crippen MR) is 113 cm³/mol. The number of fused-ring (bicyclic) bond motifs is 1. The molecule has 0 aliphatic rings. The first-order valence-electron chi connectivity index (χ1n) is 9.32. The van der Waals surface area contributed by atoms with Gasteiger partial charge in [0.25, 0.3) is 0 Å². The van der Waals surface area contributed by atoms with Crippen molar-refractivity contribution in [2.75, 3.05) is 5.32 Å². The molecule has 0 atom stereocenters. The smallest absolute Gasteiger partial charge is 0.324 e. The highest BCUT2D eigenvalue weighted by Crippen LogP contribution is 2.30. The van der Waals surface area contributed by atoms with Gasteiger partial charge in [0.2, 0.25) is 5.91 Å². The van der Waals surface area contributed by atoms with E-state index in [4.69, 9.17) is 11.6 Å². The second-order valence-electron chi connectivity index (χ2n) is 6.99. The van der Waals surface area contributed by atoms with E-state index in [1.807, 2.05) is 0 Å². The van der Waals surface area contributed by atoms with Crippen LogP contribution in [0.1, 0.15) is 11.3 Å². The Balaban J connectivity index is 1.69. The highest BCUT2D eigenvalue weighted by atomic mass is 35.5. The topological polar surface area (TPSA) is 81.3 Å². The van der Waals surface area contributed by atoms with Crippen molar-refractivity contribution in [2.45, 2.75) is 19.6 Å². The summed E-state index contributed by atoms with van der Waals surface area (Å²) in [7, 11) is 0. The van der Waals surface area contributed by atoms with Gasteiger partial charge >= 0.3 is 11.9 Å². The number of amides is 1. The Labute approximate surface area is 184 Å². The summed E-state index contributed by atoms with van der Waals surface area (Å²) in [4.78, 5) is 29.6. The SMILES string of the molecule is Cc1cc2nn(CC(=O)Nc3cccc(Cl)c3)c(=O)n2c(-c2ccc(C(F)(F)F)cc2)n1. The quantitative estimate of drug-likeness (QED) is 0.494. The van der Waals surface area contributed by atoms with Crippen LogP contribution in [-0.2, 0) is 17.5 Å². The van der Waals surface area contributed by atoms with Crippen molar-refractivity contribution in [3.05, 3.63) is 81.4 Å². The van der Waals surface area contributed by atoms with Crippen LogP contribution in [0.5, 0.6) is 0 Å². The first-order valence-corrected chi connectivity index (χ1v) is 9.70. The molecule has 1 N–H and O–H groups in total. The highest BCUT2D eigenvalue weighted by molar-refractivity contribution is 6.30. The number of carbonyl (C=O) groups is 1. The summed E-state index contributed by atoms with van der Waals surface area (Å²) in [6, 6.07) is 12.4. The standard InChI is InChI=1S/C21H15ClF3N5O2/c1-12-9-17-28-29(11-18(31)27-16-4-2-3-15(22)10-16)20(32)30(17)19(26-12)13-5-7-14(8-6-13)21(23,24)25/h2-10H,11H2,1H3,(H,27,31). The molecule has 4 rings (SSSR count). The van der Waals surface area contributed by atoms with E-state index in [-0.39, 0.29) is 18.0 Å². The fraction of sp³-hybridized carbons (Fsp3) is 0.143. The van der Waals surface area contributed by atoms with Gasteiger partial charge in [-0.05, 0) is 37.3 Å². The van der Waals surface area contributed by atoms with E-state index in [9.17, 15) is 22.8 Å². The molecule has 0 spiro atoms. The maximum atomic E-state index is 12.9. The van der Waals surface area contributed by atoms with Gasteiger partial charge in [0.1, 0.15) is 12.4 Å². The van der Waals surface area contributed by atoms with Gasteiger partial charge < -0.3 is 5.32 Å². The Hall–Kier alpha value is -3.66. The van der Waals surface area contributed by atoms with Crippen molar-refractivity contribution in [3.63, 3.8) is 0 Å². The summed E-state index contributed by atoms with van der Waals surface area (Å²) < 4.78 is 40.7. The number of benzene rings is 2. The molecule has 0 unspecified atom stereocenters. The number of aromatic nitrogens is 4. The summed E-state index contributed by atoms with van der Waals surface area (Å²) >= 11 is 5.90. The van der Waals surface area contributed by atoms with Crippen LogP contribution in [-0.4, -0.2) is 25.1 Å². The zero-order chi connectivity index (χ0) is 23.0. The molecule has 11 heteroatoms. The largest absolute Gasteiger partial charge is 0.416 e. The van der Waals surface area contributed by atoms with Gasteiger partial charge in [-0.2, -0.15) is 13.2 Å². The molecule has 2 aromatic heterocycles. The summed E-state index contributed by atoms with van der Waals surface area (Å²) in [5, 5.41) is 7.24. The zero-order valence-electron chi connectivity index (χ0n) is 16.5. The molecule has 7 nitrogen and oxygen atoms in total. The van der Waals surface area contributed by atoms with Gasteiger partial charge in [-0.25, -0.2) is 18.9 Å². The van der Waals surface area contributed by atoms with Crippen LogP contribution in [0.2, 0.25) is 5.02 Å². The summed E-state index contributed by atoms with van der Waals surface area (Å²) in [6.07, 6.45) is -4.48. The molecular weight excluding hydrogens is 447 g/mol. The van der Waals surface area contributed by atoms with Crippen molar-refractivity contribution in [2.24, 2.45) is 0 Å². The molecule has 0 aliphatic carbocycles. The van der Waals surface area contributed by atoms with Gasteiger partial charge in [0.15, 0.2) is 5.65 Å². The van der Waals surface area contributed by atoms with E-state index in [0.29, 0.717) is 22.0 Å². The third-order valence-corrected chi connectivity index (χ3v) is 4.80. The van der Waals surface area contributed by atoms with Crippen LogP contribution in [0.3, 0.4) is 0 Å². The molecule has 1 amide bonds. The number of rotatable bonds is 4. The zero-order valence-corrected chi connectivity index (χ0v) is 17.3. The predicted octanol–water partition coefficient (Wildman–Crippen LogP) is 4.18. The van der Waals surface area contributed by atoms with Crippen molar-refractivity contribution in [3.8, 4) is 11.4 Å². The average Bonchev–Trinajstić information content (AvgIpc) is 3.01. The molecule has 0 fully saturated rings. The lowest BCUT2D eigenvalue weighted by atomic mass is 10.1. The lowest BCUT2D eigenvalue weighted by Gasteiger charge is -2.08. The van der Waals surface area contributed by atoms with E-state index in [2.05, 4.69) is 15.4 Å². The molecule has 32 heavy (non-hydrogen) atoms. The summed E-state index contributed by atoms with van der Waals surface area (Å²) in [5.74, 6) is -0.376. The van der Waals surface area contributed by atoms with Crippen LogP contribution in [0.4, 0.5) is 18.9 Å². The Bertz CT molecular complexity index is 1380. The molecule has 0 radical (unpaired) electrons.